The summed E-state index contributed by atoms with van der Waals surface area (Å²) < 4.78 is 2.35. The molecule has 3 aromatic rings. The summed E-state index contributed by atoms with van der Waals surface area (Å²) in [5.74, 6) is 0.198. The largest absolute Gasteiger partial charge is 0.356 e. The van der Waals surface area contributed by atoms with E-state index >= 15 is 0 Å². The Balaban J connectivity index is 1.98. The Morgan fingerprint density at radius 1 is 1.00 bits per heavy atom. The molecule has 0 aliphatic carbocycles. The number of benzene rings is 2. The van der Waals surface area contributed by atoms with Crippen molar-refractivity contribution in [3.63, 3.8) is 0 Å². The predicted octanol–water partition coefficient (Wildman–Crippen LogP) is 6.05. The van der Waals surface area contributed by atoms with Gasteiger partial charge in [0.05, 0.1) is 5.52 Å². The molecular weight excluding hydrogens is 356 g/mol. The van der Waals surface area contributed by atoms with Crippen LogP contribution in [0.5, 0.6) is 0 Å². The van der Waals surface area contributed by atoms with Gasteiger partial charge < -0.3 is 9.88 Å². The van der Waals surface area contributed by atoms with Gasteiger partial charge in [-0.05, 0) is 36.5 Å². The number of nitrogens with zero attached hydrogens (tertiary/aromatic N) is 1. The SMILES string of the molecule is CCCCCNC(=O)C[C@H](c1ccccc1)c1cn(CC)c2c(CC)cccc12. The van der Waals surface area contributed by atoms with E-state index in [4.69, 9.17) is 0 Å². The van der Waals surface area contributed by atoms with Gasteiger partial charge in [-0.25, -0.2) is 0 Å². The Bertz CT molecular complexity index is 927. The minimum atomic E-state index is 0.0600. The van der Waals surface area contributed by atoms with E-state index in [1.54, 1.807) is 0 Å². The Morgan fingerprint density at radius 3 is 2.48 bits per heavy atom. The molecule has 2 aromatic carbocycles. The average molecular weight is 391 g/mol. The molecule has 1 atom stereocenters. The summed E-state index contributed by atoms with van der Waals surface area (Å²) in [6, 6.07) is 17.0. The van der Waals surface area contributed by atoms with Crippen LogP contribution >= 0.6 is 0 Å². The van der Waals surface area contributed by atoms with Gasteiger partial charge in [0.15, 0.2) is 0 Å². The first-order chi connectivity index (χ1) is 14.2. The second-order valence-electron chi connectivity index (χ2n) is 7.76. The fraction of sp³-hybridized carbons (Fsp3) is 0.423. The highest BCUT2D eigenvalue weighted by Crippen LogP contribution is 2.36. The van der Waals surface area contributed by atoms with Crippen LogP contribution in [0, 0.1) is 0 Å². The second-order valence-corrected chi connectivity index (χ2v) is 7.76. The van der Waals surface area contributed by atoms with E-state index < -0.39 is 0 Å². The van der Waals surface area contributed by atoms with E-state index in [1.807, 2.05) is 6.07 Å². The van der Waals surface area contributed by atoms with E-state index in [9.17, 15) is 4.79 Å². The second kappa shape index (κ2) is 10.3. The zero-order valence-corrected chi connectivity index (χ0v) is 18.1. The summed E-state index contributed by atoms with van der Waals surface area (Å²) in [5.41, 5.74) is 5.14. The Labute approximate surface area is 175 Å². The number of aromatic nitrogens is 1. The lowest BCUT2D eigenvalue weighted by Crippen LogP contribution is -2.26. The number of rotatable bonds is 10. The monoisotopic (exact) mass is 390 g/mol. The van der Waals surface area contributed by atoms with Gasteiger partial charge in [0, 0.05) is 37.0 Å². The molecule has 1 heterocycles. The van der Waals surface area contributed by atoms with Crippen molar-refractivity contribution in [1.82, 2.24) is 9.88 Å². The summed E-state index contributed by atoms with van der Waals surface area (Å²) >= 11 is 0. The summed E-state index contributed by atoms with van der Waals surface area (Å²) in [6.45, 7) is 8.28. The molecular formula is C26H34N2O. The fourth-order valence-electron chi connectivity index (χ4n) is 4.23. The normalized spacial score (nSPS) is 12.2. The van der Waals surface area contributed by atoms with Crippen molar-refractivity contribution >= 4 is 16.8 Å². The molecule has 0 saturated heterocycles. The van der Waals surface area contributed by atoms with Crippen molar-refractivity contribution in [2.24, 2.45) is 0 Å². The third kappa shape index (κ3) is 4.90. The van der Waals surface area contributed by atoms with E-state index in [2.05, 4.69) is 79.3 Å². The molecule has 154 valence electrons. The number of fused-ring (bicyclic) bond motifs is 1. The fourth-order valence-corrected chi connectivity index (χ4v) is 4.23. The molecule has 0 saturated carbocycles. The quantitative estimate of drug-likeness (QED) is 0.420. The Kier molecular flexibility index (Phi) is 7.51. The zero-order valence-electron chi connectivity index (χ0n) is 18.1. The lowest BCUT2D eigenvalue weighted by Gasteiger charge is -2.17. The van der Waals surface area contributed by atoms with Gasteiger partial charge in [-0.2, -0.15) is 0 Å². The third-order valence-corrected chi connectivity index (χ3v) is 5.80. The molecule has 3 rings (SSSR count). The van der Waals surface area contributed by atoms with E-state index in [0.717, 1.165) is 32.4 Å². The van der Waals surface area contributed by atoms with Crippen molar-refractivity contribution < 1.29 is 4.79 Å². The predicted molar refractivity (Wildman–Crippen MR) is 122 cm³/mol. The van der Waals surface area contributed by atoms with Gasteiger partial charge in [0.25, 0.3) is 0 Å². The minimum absolute atomic E-state index is 0.0600. The molecule has 29 heavy (non-hydrogen) atoms. The van der Waals surface area contributed by atoms with Crippen molar-refractivity contribution in [1.29, 1.82) is 0 Å². The molecule has 1 N–H and O–H groups in total. The molecule has 0 aliphatic heterocycles. The van der Waals surface area contributed by atoms with Crippen LogP contribution in [0.4, 0.5) is 0 Å². The van der Waals surface area contributed by atoms with Crippen LogP contribution in [0.25, 0.3) is 10.9 Å². The van der Waals surface area contributed by atoms with Gasteiger partial charge in [-0.15, -0.1) is 0 Å². The summed E-state index contributed by atoms with van der Waals surface area (Å²) in [5, 5.41) is 4.41. The van der Waals surface area contributed by atoms with Crippen molar-refractivity contribution in [2.75, 3.05) is 6.54 Å². The van der Waals surface area contributed by atoms with Gasteiger partial charge in [-0.1, -0.05) is 75.2 Å². The van der Waals surface area contributed by atoms with Crippen molar-refractivity contribution in [3.8, 4) is 0 Å². The lowest BCUT2D eigenvalue weighted by atomic mass is 9.87. The van der Waals surface area contributed by atoms with Crippen LogP contribution in [0.3, 0.4) is 0 Å². The van der Waals surface area contributed by atoms with Crippen LogP contribution in [0.2, 0.25) is 0 Å². The number of aryl methyl sites for hydroxylation is 2. The maximum absolute atomic E-state index is 12.8. The number of para-hydroxylation sites is 1. The molecule has 3 nitrogen and oxygen atoms in total. The van der Waals surface area contributed by atoms with E-state index in [-0.39, 0.29) is 11.8 Å². The van der Waals surface area contributed by atoms with Crippen LogP contribution in [0.1, 0.15) is 69.1 Å². The topological polar surface area (TPSA) is 34.0 Å². The third-order valence-electron chi connectivity index (χ3n) is 5.80. The molecule has 1 amide bonds. The van der Waals surface area contributed by atoms with Gasteiger partial charge in [0.1, 0.15) is 0 Å². The van der Waals surface area contributed by atoms with E-state index in [0.29, 0.717) is 6.42 Å². The van der Waals surface area contributed by atoms with Gasteiger partial charge >= 0.3 is 0 Å². The number of nitrogens with one attached hydrogen (secondary N) is 1. The molecule has 0 spiro atoms. The highest BCUT2D eigenvalue weighted by atomic mass is 16.1. The zero-order chi connectivity index (χ0) is 20.6. The first-order valence-corrected chi connectivity index (χ1v) is 11.1. The molecule has 1 aromatic heterocycles. The highest BCUT2D eigenvalue weighted by Gasteiger charge is 2.23. The molecule has 0 fully saturated rings. The van der Waals surface area contributed by atoms with Gasteiger partial charge in [0.2, 0.25) is 5.91 Å². The van der Waals surface area contributed by atoms with Crippen LogP contribution < -0.4 is 5.32 Å². The summed E-state index contributed by atoms with van der Waals surface area (Å²) in [7, 11) is 0. The summed E-state index contributed by atoms with van der Waals surface area (Å²) in [6.07, 6.45) is 7.13. The maximum Gasteiger partial charge on any atom is 0.220 e. The number of unbranched alkanes of at least 4 members (excludes halogenated alkanes) is 2. The van der Waals surface area contributed by atoms with Crippen LogP contribution in [-0.2, 0) is 17.8 Å². The Hall–Kier alpha value is -2.55. The first-order valence-electron chi connectivity index (χ1n) is 11.1. The van der Waals surface area contributed by atoms with Crippen molar-refractivity contribution in [2.45, 2.75) is 65.3 Å². The van der Waals surface area contributed by atoms with E-state index in [1.165, 1.54) is 34.0 Å². The molecule has 0 bridgehead atoms. The number of hydrogen-bond acceptors (Lipinski definition) is 1. The first kappa shape index (κ1) is 21.2. The van der Waals surface area contributed by atoms with Crippen LogP contribution in [0.15, 0.2) is 54.7 Å². The number of amides is 1. The standard InChI is InChI=1S/C26H34N2O/c1-4-7-11-17-27-25(29)18-23(21-13-9-8-10-14-21)24-19-28(6-3)26-20(5-2)15-12-16-22(24)26/h8-10,12-16,19,23H,4-7,11,17-18H2,1-3H3,(H,27,29)/t23-/m1/s1. The summed E-state index contributed by atoms with van der Waals surface area (Å²) in [4.78, 5) is 12.8. The lowest BCUT2D eigenvalue weighted by molar-refractivity contribution is -0.121. The molecule has 3 heteroatoms. The number of carbonyl (C=O) groups is 1. The highest BCUT2D eigenvalue weighted by molar-refractivity contribution is 5.89. The van der Waals surface area contributed by atoms with Gasteiger partial charge in [-0.3, -0.25) is 4.79 Å². The molecule has 0 radical (unpaired) electrons. The number of carbonyl (C=O) groups excluding carboxylic acids is 1. The number of hydrogen-bond donors (Lipinski definition) is 1. The molecule has 0 aliphatic rings. The maximum atomic E-state index is 12.8. The molecule has 0 unspecified atom stereocenters. The smallest absolute Gasteiger partial charge is 0.220 e. The Morgan fingerprint density at radius 2 is 1.79 bits per heavy atom. The average Bonchev–Trinajstić information content (AvgIpc) is 3.14. The van der Waals surface area contributed by atoms with Crippen molar-refractivity contribution in [3.05, 3.63) is 71.4 Å². The minimum Gasteiger partial charge on any atom is -0.356 e. The van der Waals surface area contributed by atoms with Crippen LogP contribution in [-0.4, -0.2) is 17.0 Å².